The summed E-state index contributed by atoms with van der Waals surface area (Å²) in [5.41, 5.74) is 0.829. The van der Waals surface area contributed by atoms with Crippen molar-refractivity contribution in [3.63, 3.8) is 0 Å². The van der Waals surface area contributed by atoms with E-state index in [1.807, 2.05) is 0 Å². The molecular weight excluding hydrogens is 397 g/mol. The molecule has 1 amide bonds. The normalized spacial score (nSPS) is 11.3. The lowest BCUT2D eigenvalue weighted by Gasteiger charge is -2.17. The number of hydrogen-bond donors (Lipinski definition) is 0. The predicted octanol–water partition coefficient (Wildman–Crippen LogP) is 3.67. The van der Waals surface area contributed by atoms with Gasteiger partial charge in [0.15, 0.2) is 27.2 Å². The van der Waals surface area contributed by atoms with Crippen LogP contribution in [0.15, 0.2) is 70.2 Å². The van der Waals surface area contributed by atoms with Gasteiger partial charge in [0.1, 0.15) is 0 Å². The number of carbonyl (C=O) groups excluding carboxylic acids is 1. The van der Waals surface area contributed by atoms with Gasteiger partial charge < -0.3 is 14.1 Å². The van der Waals surface area contributed by atoms with Gasteiger partial charge in [0.25, 0.3) is 5.91 Å². The fourth-order valence-corrected chi connectivity index (χ4v) is 4.26. The van der Waals surface area contributed by atoms with E-state index in [1.165, 1.54) is 55.7 Å². The van der Waals surface area contributed by atoms with Crippen molar-refractivity contribution in [1.82, 2.24) is 4.90 Å². The summed E-state index contributed by atoms with van der Waals surface area (Å²) in [4.78, 5) is 14.3. The maximum absolute atomic E-state index is 13.9. The summed E-state index contributed by atoms with van der Waals surface area (Å²) in [6, 6.07) is 13.9. The molecule has 0 aliphatic rings. The van der Waals surface area contributed by atoms with Crippen molar-refractivity contribution in [2.24, 2.45) is 0 Å². The number of hydrogen-bond acceptors (Lipinski definition) is 5. The van der Waals surface area contributed by atoms with Gasteiger partial charge >= 0.3 is 0 Å². The number of nitrogens with zero attached hydrogens (tertiary/aromatic N) is 1. The number of sulfone groups is 1. The smallest absolute Gasteiger partial charge is 0.289 e. The largest absolute Gasteiger partial charge is 0.494 e. The summed E-state index contributed by atoms with van der Waals surface area (Å²) in [7, 11) is -0.730. The van der Waals surface area contributed by atoms with Gasteiger partial charge in [-0.15, -0.1) is 0 Å². The SMILES string of the molecule is COc1ccc(CN(C)C(=O)c2occc2CS(=O)(=O)c2ccccc2)cc1F. The summed E-state index contributed by atoms with van der Waals surface area (Å²) in [6.07, 6.45) is 1.28. The number of halogens is 1. The Balaban J connectivity index is 1.77. The number of carbonyl (C=O) groups is 1. The summed E-state index contributed by atoms with van der Waals surface area (Å²) >= 11 is 0. The molecule has 0 aliphatic heterocycles. The monoisotopic (exact) mass is 417 g/mol. The van der Waals surface area contributed by atoms with E-state index in [-0.39, 0.29) is 34.3 Å². The third-order valence-electron chi connectivity index (χ3n) is 4.37. The first-order chi connectivity index (χ1) is 13.8. The molecule has 0 saturated heterocycles. The second kappa shape index (κ2) is 8.48. The van der Waals surface area contributed by atoms with Gasteiger partial charge in [0, 0.05) is 19.2 Å². The Morgan fingerprint density at radius 1 is 1.14 bits per heavy atom. The minimum atomic E-state index is -3.63. The van der Waals surface area contributed by atoms with Crippen LogP contribution in [0.1, 0.15) is 21.7 Å². The minimum absolute atomic E-state index is 0.0546. The molecule has 3 aromatic rings. The molecule has 8 heteroatoms. The van der Waals surface area contributed by atoms with Crippen molar-refractivity contribution < 1.29 is 26.8 Å². The summed E-state index contributed by atoms with van der Waals surface area (Å²) < 4.78 is 49.3. The quantitative estimate of drug-likeness (QED) is 0.586. The van der Waals surface area contributed by atoms with E-state index in [9.17, 15) is 17.6 Å². The van der Waals surface area contributed by atoms with Gasteiger partial charge in [-0.3, -0.25) is 4.79 Å². The van der Waals surface area contributed by atoms with Crippen LogP contribution in [0, 0.1) is 5.82 Å². The van der Waals surface area contributed by atoms with Crippen LogP contribution in [0.25, 0.3) is 0 Å². The van der Waals surface area contributed by atoms with E-state index in [4.69, 9.17) is 9.15 Å². The van der Waals surface area contributed by atoms with Crippen molar-refractivity contribution in [2.45, 2.75) is 17.2 Å². The molecule has 1 aromatic heterocycles. The van der Waals surface area contributed by atoms with E-state index in [0.717, 1.165) is 0 Å². The van der Waals surface area contributed by atoms with Crippen molar-refractivity contribution in [1.29, 1.82) is 0 Å². The zero-order valence-corrected chi connectivity index (χ0v) is 16.8. The van der Waals surface area contributed by atoms with Gasteiger partial charge in [-0.2, -0.15) is 0 Å². The van der Waals surface area contributed by atoms with E-state index < -0.39 is 21.6 Å². The van der Waals surface area contributed by atoms with Crippen LogP contribution >= 0.6 is 0 Å². The molecule has 0 atom stereocenters. The van der Waals surface area contributed by atoms with Crippen molar-refractivity contribution in [3.05, 3.63) is 83.6 Å². The lowest BCUT2D eigenvalue weighted by atomic mass is 10.2. The molecule has 0 unspecified atom stereocenters. The maximum Gasteiger partial charge on any atom is 0.289 e. The topological polar surface area (TPSA) is 76.8 Å². The first-order valence-electron chi connectivity index (χ1n) is 8.74. The van der Waals surface area contributed by atoms with Gasteiger partial charge in [-0.1, -0.05) is 24.3 Å². The van der Waals surface area contributed by atoms with Crippen molar-refractivity contribution >= 4 is 15.7 Å². The van der Waals surface area contributed by atoms with Crippen molar-refractivity contribution in [2.75, 3.05) is 14.2 Å². The molecule has 0 fully saturated rings. The molecule has 0 spiro atoms. The molecule has 1 heterocycles. The Morgan fingerprint density at radius 2 is 1.86 bits per heavy atom. The van der Waals surface area contributed by atoms with Crippen LogP contribution < -0.4 is 4.74 Å². The highest BCUT2D eigenvalue weighted by Gasteiger charge is 2.24. The van der Waals surface area contributed by atoms with Gasteiger partial charge in [-0.05, 0) is 35.9 Å². The first-order valence-corrected chi connectivity index (χ1v) is 10.4. The Hall–Kier alpha value is -3.13. The minimum Gasteiger partial charge on any atom is -0.494 e. The molecule has 0 aliphatic carbocycles. The lowest BCUT2D eigenvalue weighted by molar-refractivity contribution is 0.0752. The van der Waals surface area contributed by atoms with Crippen molar-refractivity contribution in [3.8, 4) is 5.75 Å². The maximum atomic E-state index is 13.9. The van der Waals surface area contributed by atoms with E-state index in [2.05, 4.69) is 0 Å². The molecule has 29 heavy (non-hydrogen) atoms. The van der Waals surface area contributed by atoms with Crippen LogP contribution in [-0.4, -0.2) is 33.4 Å². The zero-order chi connectivity index (χ0) is 21.0. The van der Waals surface area contributed by atoms with E-state index >= 15 is 0 Å². The second-order valence-corrected chi connectivity index (χ2v) is 8.47. The number of ether oxygens (including phenoxy) is 1. The molecule has 0 bridgehead atoms. The average Bonchev–Trinajstić information content (AvgIpc) is 3.15. The van der Waals surface area contributed by atoms with Gasteiger partial charge in [0.2, 0.25) is 0 Å². The zero-order valence-electron chi connectivity index (χ0n) is 16.0. The average molecular weight is 417 g/mol. The van der Waals surface area contributed by atoms with Crippen LogP contribution in [0.3, 0.4) is 0 Å². The number of furan rings is 1. The fraction of sp³-hybridized carbons (Fsp3) is 0.190. The number of rotatable bonds is 7. The predicted molar refractivity (Wildman–Crippen MR) is 105 cm³/mol. The highest BCUT2D eigenvalue weighted by atomic mass is 32.2. The fourth-order valence-electron chi connectivity index (χ4n) is 2.88. The molecule has 2 aromatic carbocycles. The molecule has 0 radical (unpaired) electrons. The molecular formula is C21H20FNO5S. The van der Waals surface area contributed by atoms with Crippen LogP contribution in [0.5, 0.6) is 5.75 Å². The number of amides is 1. The highest BCUT2D eigenvalue weighted by Crippen LogP contribution is 2.22. The van der Waals surface area contributed by atoms with Gasteiger partial charge in [-0.25, -0.2) is 12.8 Å². The molecule has 0 saturated carbocycles. The molecule has 0 N–H and O–H groups in total. The number of methoxy groups -OCH3 is 1. The van der Waals surface area contributed by atoms with Gasteiger partial charge in [0.05, 0.1) is 24.0 Å². The van der Waals surface area contributed by atoms with E-state index in [1.54, 1.807) is 24.3 Å². The lowest BCUT2D eigenvalue weighted by Crippen LogP contribution is -2.27. The Kier molecular flexibility index (Phi) is 6.03. The summed E-state index contributed by atoms with van der Waals surface area (Å²) in [5.74, 6) is -1.33. The summed E-state index contributed by atoms with van der Waals surface area (Å²) in [6.45, 7) is 0.116. The molecule has 3 rings (SSSR count). The number of benzene rings is 2. The standard InChI is InChI=1S/C21H20FNO5S/c1-23(13-15-8-9-19(27-2)18(22)12-15)21(24)20-16(10-11-28-20)14-29(25,26)17-6-4-3-5-7-17/h3-12H,13-14H2,1-2H3. The Bertz CT molecular complexity index is 1110. The van der Waals surface area contributed by atoms with Crippen LogP contribution in [0.2, 0.25) is 0 Å². The highest BCUT2D eigenvalue weighted by molar-refractivity contribution is 7.90. The van der Waals surface area contributed by atoms with Crippen LogP contribution in [0.4, 0.5) is 4.39 Å². The third-order valence-corrected chi connectivity index (χ3v) is 6.05. The van der Waals surface area contributed by atoms with E-state index in [0.29, 0.717) is 5.56 Å². The molecule has 6 nitrogen and oxygen atoms in total. The first kappa shape index (κ1) is 20.6. The second-order valence-electron chi connectivity index (χ2n) is 6.48. The Labute approximate surface area is 168 Å². The molecule has 152 valence electrons. The Morgan fingerprint density at radius 3 is 2.52 bits per heavy atom. The third kappa shape index (κ3) is 4.65. The van der Waals surface area contributed by atoms with Crippen LogP contribution in [-0.2, 0) is 22.1 Å². The summed E-state index contributed by atoms with van der Waals surface area (Å²) in [5, 5.41) is 0.